The second kappa shape index (κ2) is 7.26. The smallest absolute Gasteiger partial charge is 0.256 e. The molecule has 0 saturated heterocycles. The van der Waals surface area contributed by atoms with E-state index in [1.54, 1.807) is 14.0 Å². The fraction of sp³-hybridized carbons (Fsp3) is 0.533. The minimum atomic E-state index is -0.786. The third kappa shape index (κ3) is 4.04. The maximum absolute atomic E-state index is 12.3. The van der Waals surface area contributed by atoms with Crippen LogP contribution in [0.2, 0.25) is 0 Å². The van der Waals surface area contributed by atoms with E-state index in [1.165, 1.54) is 0 Å². The Morgan fingerprint density at radius 3 is 2.58 bits per heavy atom. The summed E-state index contributed by atoms with van der Waals surface area (Å²) in [6.07, 6.45) is 0.630. The van der Waals surface area contributed by atoms with E-state index >= 15 is 0 Å². The van der Waals surface area contributed by atoms with E-state index in [1.807, 2.05) is 31.2 Å². The van der Waals surface area contributed by atoms with Crippen molar-refractivity contribution in [1.29, 1.82) is 0 Å². The van der Waals surface area contributed by atoms with Gasteiger partial charge in [0.2, 0.25) is 0 Å². The van der Waals surface area contributed by atoms with Crippen molar-refractivity contribution in [3.8, 4) is 0 Å². The van der Waals surface area contributed by atoms with Crippen molar-refractivity contribution < 1.29 is 9.53 Å². The van der Waals surface area contributed by atoms with E-state index in [4.69, 9.17) is 4.74 Å². The molecule has 0 aliphatic heterocycles. The molecular weight excluding hydrogens is 240 g/mol. The normalized spacial score (nSPS) is 13.9. The zero-order valence-corrected chi connectivity index (χ0v) is 12.2. The molecule has 0 bridgehead atoms. The summed E-state index contributed by atoms with van der Waals surface area (Å²) in [6, 6.07) is 7.81. The van der Waals surface area contributed by atoms with Gasteiger partial charge in [-0.15, -0.1) is 0 Å². The number of carbonyl (C=O) groups is 1. The van der Waals surface area contributed by atoms with Crippen molar-refractivity contribution in [2.45, 2.75) is 39.3 Å². The monoisotopic (exact) mass is 264 g/mol. The van der Waals surface area contributed by atoms with Gasteiger partial charge in [-0.1, -0.05) is 32.0 Å². The number of benzene rings is 1. The fourth-order valence-corrected chi connectivity index (χ4v) is 1.71. The molecule has 1 amide bonds. The van der Waals surface area contributed by atoms with Crippen LogP contribution in [0.4, 0.5) is 5.69 Å². The zero-order valence-electron chi connectivity index (χ0n) is 12.2. The summed E-state index contributed by atoms with van der Waals surface area (Å²) in [4.78, 5) is 12.3. The lowest BCUT2D eigenvalue weighted by molar-refractivity contribution is -0.136. The van der Waals surface area contributed by atoms with Gasteiger partial charge in [0.25, 0.3) is 5.91 Å². The Morgan fingerprint density at radius 1 is 1.32 bits per heavy atom. The second-order valence-corrected chi connectivity index (χ2v) is 4.68. The van der Waals surface area contributed by atoms with Crippen molar-refractivity contribution in [3.05, 3.63) is 29.8 Å². The number of hydrogen-bond acceptors (Lipinski definition) is 3. The third-order valence-electron chi connectivity index (χ3n) is 3.44. The number of amides is 1. The molecule has 0 heterocycles. The van der Waals surface area contributed by atoms with Crippen molar-refractivity contribution in [3.63, 3.8) is 0 Å². The summed E-state index contributed by atoms with van der Waals surface area (Å²) in [5, 5.41) is 6.22. The molecule has 2 N–H and O–H groups in total. The lowest BCUT2D eigenvalue weighted by atomic mass is 10.0. The first kappa shape index (κ1) is 15.7. The molecule has 1 aromatic rings. The van der Waals surface area contributed by atoms with Gasteiger partial charge in [-0.05, 0) is 31.5 Å². The molecule has 0 fully saturated rings. The topological polar surface area (TPSA) is 50.4 Å². The average Bonchev–Trinajstić information content (AvgIpc) is 2.45. The number of hydrogen-bond donors (Lipinski definition) is 2. The molecule has 0 aliphatic rings. The molecule has 1 unspecified atom stereocenters. The van der Waals surface area contributed by atoms with Crippen LogP contribution in [0.25, 0.3) is 0 Å². The van der Waals surface area contributed by atoms with Crippen LogP contribution < -0.4 is 10.6 Å². The Balaban J connectivity index is 2.84. The standard InChI is InChI=1S/C15H24N2O2/c1-5-15(3,19-4)14(18)17-13-10-8-7-9-12(13)11-16-6-2/h7-10,16H,5-6,11H2,1-4H3,(H,17,18). The average molecular weight is 264 g/mol. The van der Waals surface area contributed by atoms with Gasteiger partial charge in [-0.2, -0.15) is 0 Å². The predicted molar refractivity (Wildman–Crippen MR) is 78.2 cm³/mol. The van der Waals surface area contributed by atoms with Crippen LogP contribution in [0, 0.1) is 0 Å². The summed E-state index contributed by atoms with van der Waals surface area (Å²) in [5.41, 5.74) is 1.13. The molecular formula is C15H24N2O2. The van der Waals surface area contributed by atoms with E-state index in [0.717, 1.165) is 24.3 Å². The van der Waals surface area contributed by atoms with Crippen molar-refractivity contribution in [1.82, 2.24) is 5.32 Å². The van der Waals surface area contributed by atoms with Crippen LogP contribution in [0.15, 0.2) is 24.3 Å². The lowest BCUT2D eigenvalue weighted by Crippen LogP contribution is -2.41. The quantitative estimate of drug-likeness (QED) is 0.795. The van der Waals surface area contributed by atoms with E-state index in [9.17, 15) is 4.79 Å². The SMILES string of the molecule is CCNCc1ccccc1NC(=O)C(C)(CC)OC. The van der Waals surface area contributed by atoms with Crippen molar-refractivity contribution >= 4 is 11.6 Å². The first-order valence-corrected chi connectivity index (χ1v) is 6.72. The third-order valence-corrected chi connectivity index (χ3v) is 3.44. The molecule has 0 aliphatic carbocycles. The Labute approximate surface area is 115 Å². The van der Waals surface area contributed by atoms with Crippen LogP contribution in [0.3, 0.4) is 0 Å². The Hall–Kier alpha value is -1.39. The number of rotatable bonds is 7. The zero-order chi connectivity index (χ0) is 14.3. The molecule has 0 spiro atoms. The molecule has 1 aromatic carbocycles. The van der Waals surface area contributed by atoms with Gasteiger partial charge in [0.05, 0.1) is 0 Å². The Bertz CT molecular complexity index is 414. The van der Waals surface area contributed by atoms with Crippen molar-refractivity contribution in [2.24, 2.45) is 0 Å². The summed E-state index contributed by atoms with van der Waals surface area (Å²) < 4.78 is 5.31. The van der Waals surface area contributed by atoms with Gasteiger partial charge < -0.3 is 15.4 Å². The first-order chi connectivity index (χ1) is 9.07. The first-order valence-electron chi connectivity index (χ1n) is 6.72. The van der Waals surface area contributed by atoms with Gasteiger partial charge in [-0.25, -0.2) is 0 Å². The minimum Gasteiger partial charge on any atom is -0.369 e. The second-order valence-electron chi connectivity index (χ2n) is 4.68. The van der Waals surface area contributed by atoms with E-state index in [0.29, 0.717) is 6.42 Å². The van der Waals surface area contributed by atoms with Crippen LogP contribution >= 0.6 is 0 Å². The molecule has 0 radical (unpaired) electrons. The minimum absolute atomic E-state index is 0.110. The Morgan fingerprint density at radius 2 is 2.00 bits per heavy atom. The van der Waals surface area contributed by atoms with Crippen LogP contribution in [0.5, 0.6) is 0 Å². The van der Waals surface area contributed by atoms with Gasteiger partial charge in [-0.3, -0.25) is 4.79 Å². The van der Waals surface area contributed by atoms with Crippen molar-refractivity contribution in [2.75, 3.05) is 19.0 Å². The maximum atomic E-state index is 12.3. The molecule has 4 heteroatoms. The van der Waals surface area contributed by atoms with Gasteiger partial charge in [0.15, 0.2) is 0 Å². The Kier molecular flexibility index (Phi) is 5.99. The van der Waals surface area contributed by atoms with Crippen LogP contribution in [0.1, 0.15) is 32.8 Å². The fourth-order valence-electron chi connectivity index (χ4n) is 1.71. The van der Waals surface area contributed by atoms with Gasteiger partial charge >= 0.3 is 0 Å². The molecule has 0 saturated carbocycles. The van der Waals surface area contributed by atoms with E-state index in [-0.39, 0.29) is 5.91 Å². The summed E-state index contributed by atoms with van der Waals surface area (Å²) in [7, 11) is 1.56. The number of para-hydroxylation sites is 1. The molecule has 0 aromatic heterocycles. The van der Waals surface area contributed by atoms with E-state index in [2.05, 4.69) is 17.6 Å². The summed E-state index contributed by atoms with van der Waals surface area (Å²) in [5.74, 6) is -0.110. The number of nitrogens with one attached hydrogen (secondary N) is 2. The van der Waals surface area contributed by atoms with Gasteiger partial charge in [0.1, 0.15) is 5.60 Å². The van der Waals surface area contributed by atoms with Crippen LogP contribution in [-0.4, -0.2) is 25.2 Å². The highest BCUT2D eigenvalue weighted by molar-refractivity contribution is 5.97. The van der Waals surface area contributed by atoms with E-state index < -0.39 is 5.60 Å². The molecule has 106 valence electrons. The van der Waals surface area contributed by atoms with Crippen LogP contribution in [-0.2, 0) is 16.1 Å². The molecule has 1 rings (SSSR count). The highest BCUT2D eigenvalue weighted by Crippen LogP contribution is 2.20. The predicted octanol–water partition coefficient (Wildman–Crippen LogP) is 2.55. The maximum Gasteiger partial charge on any atom is 0.256 e. The highest BCUT2D eigenvalue weighted by atomic mass is 16.5. The number of methoxy groups -OCH3 is 1. The van der Waals surface area contributed by atoms with Gasteiger partial charge in [0, 0.05) is 19.3 Å². The number of carbonyl (C=O) groups excluding carboxylic acids is 1. The highest BCUT2D eigenvalue weighted by Gasteiger charge is 2.31. The largest absolute Gasteiger partial charge is 0.369 e. The summed E-state index contributed by atoms with van der Waals surface area (Å²) in [6.45, 7) is 7.43. The molecule has 4 nitrogen and oxygen atoms in total. The number of anilines is 1. The number of ether oxygens (including phenoxy) is 1. The molecule has 1 atom stereocenters. The summed E-state index contributed by atoms with van der Waals surface area (Å²) >= 11 is 0. The lowest BCUT2D eigenvalue weighted by Gasteiger charge is -2.25. The molecule has 19 heavy (non-hydrogen) atoms.